The molecule has 1 aromatic rings. The number of benzene rings is 1. The van der Waals surface area contributed by atoms with Crippen molar-refractivity contribution in [3.8, 4) is 5.75 Å². The molecule has 1 N–H and O–H groups in total. The number of nitrogens with one attached hydrogen (secondary N) is 1. The number of ether oxygens (including phenoxy) is 1. The standard InChI is InChI=1S/C14H20BrNO/c1-2-16-10-11-7-8-14(13(15)9-11)17-12-5-3-4-6-12/h7-9,12,16H,2-6,10H2,1H3. The summed E-state index contributed by atoms with van der Waals surface area (Å²) in [5.74, 6) is 0.983. The van der Waals surface area contributed by atoms with Crippen LogP contribution >= 0.6 is 15.9 Å². The maximum Gasteiger partial charge on any atom is 0.133 e. The molecule has 1 aliphatic rings. The van der Waals surface area contributed by atoms with Crippen LogP contribution in [-0.2, 0) is 6.54 Å². The molecule has 2 rings (SSSR count). The SMILES string of the molecule is CCNCc1ccc(OC2CCCC2)c(Br)c1. The largest absolute Gasteiger partial charge is 0.489 e. The Bertz CT molecular complexity index is 361. The Labute approximate surface area is 112 Å². The fraction of sp³-hybridized carbons (Fsp3) is 0.571. The lowest BCUT2D eigenvalue weighted by Crippen LogP contribution is -2.13. The molecule has 0 heterocycles. The van der Waals surface area contributed by atoms with Crippen molar-refractivity contribution in [2.75, 3.05) is 6.54 Å². The lowest BCUT2D eigenvalue weighted by Gasteiger charge is -2.15. The van der Waals surface area contributed by atoms with Gasteiger partial charge in [-0.1, -0.05) is 13.0 Å². The first-order valence-electron chi connectivity index (χ1n) is 6.45. The highest BCUT2D eigenvalue weighted by atomic mass is 79.9. The molecule has 0 radical (unpaired) electrons. The van der Waals surface area contributed by atoms with Crippen molar-refractivity contribution in [3.63, 3.8) is 0 Å². The average molecular weight is 298 g/mol. The van der Waals surface area contributed by atoms with E-state index in [1.54, 1.807) is 0 Å². The molecular formula is C14H20BrNO. The van der Waals surface area contributed by atoms with Crippen LogP contribution in [0.3, 0.4) is 0 Å². The predicted octanol–water partition coefficient (Wildman–Crippen LogP) is 3.88. The Morgan fingerprint density at radius 2 is 2.12 bits per heavy atom. The molecule has 0 aliphatic heterocycles. The molecule has 0 atom stereocenters. The molecule has 1 aromatic carbocycles. The number of rotatable bonds is 5. The van der Waals surface area contributed by atoms with Crippen LogP contribution in [0.2, 0.25) is 0 Å². The van der Waals surface area contributed by atoms with Gasteiger partial charge in [0.1, 0.15) is 5.75 Å². The fourth-order valence-electron chi connectivity index (χ4n) is 2.20. The molecule has 0 spiro atoms. The van der Waals surface area contributed by atoms with Crippen LogP contribution in [0.25, 0.3) is 0 Å². The summed E-state index contributed by atoms with van der Waals surface area (Å²) < 4.78 is 7.07. The third-order valence-corrected chi connectivity index (χ3v) is 3.79. The Hall–Kier alpha value is -0.540. The predicted molar refractivity (Wildman–Crippen MR) is 74.4 cm³/mol. The molecule has 0 amide bonds. The molecule has 0 aromatic heterocycles. The summed E-state index contributed by atoms with van der Waals surface area (Å²) in [7, 11) is 0. The lowest BCUT2D eigenvalue weighted by atomic mass is 10.2. The lowest BCUT2D eigenvalue weighted by molar-refractivity contribution is 0.208. The van der Waals surface area contributed by atoms with Gasteiger partial charge in [0.25, 0.3) is 0 Å². The van der Waals surface area contributed by atoms with Gasteiger partial charge in [-0.15, -0.1) is 0 Å². The minimum Gasteiger partial charge on any atom is -0.489 e. The van der Waals surface area contributed by atoms with Gasteiger partial charge < -0.3 is 10.1 Å². The van der Waals surface area contributed by atoms with Gasteiger partial charge in [0, 0.05) is 6.54 Å². The van der Waals surface area contributed by atoms with Gasteiger partial charge >= 0.3 is 0 Å². The third-order valence-electron chi connectivity index (χ3n) is 3.17. The second-order valence-electron chi connectivity index (χ2n) is 4.57. The van der Waals surface area contributed by atoms with Crippen LogP contribution in [0.4, 0.5) is 0 Å². The van der Waals surface area contributed by atoms with E-state index in [0.717, 1.165) is 23.3 Å². The van der Waals surface area contributed by atoms with Gasteiger partial charge in [-0.25, -0.2) is 0 Å². The van der Waals surface area contributed by atoms with Gasteiger partial charge in [0.2, 0.25) is 0 Å². The van der Waals surface area contributed by atoms with E-state index in [0.29, 0.717) is 6.10 Å². The molecule has 0 unspecified atom stereocenters. The normalized spacial score (nSPS) is 16.4. The summed E-state index contributed by atoms with van der Waals surface area (Å²) >= 11 is 3.59. The van der Waals surface area contributed by atoms with Crippen molar-refractivity contribution in [3.05, 3.63) is 28.2 Å². The maximum absolute atomic E-state index is 6.00. The molecule has 1 aliphatic carbocycles. The zero-order chi connectivity index (χ0) is 12.1. The first-order valence-corrected chi connectivity index (χ1v) is 7.24. The Kier molecular flexibility index (Phi) is 4.86. The van der Waals surface area contributed by atoms with Gasteiger partial charge in [-0.3, -0.25) is 0 Å². The summed E-state index contributed by atoms with van der Waals surface area (Å²) in [6.45, 7) is 4.03. The van der Waals surface area contributed by atoms with Crippen LogP contribution < -0.4 is 10.1 Å². The zero-order valence-electron chi connectivity index (χ0n) is 10.3. The van der Waals surface area contributed by atoms with Gasteiger partial charge in [-0.05, 0) is 65.9 Å². The first-order chi connectivity index (χ1) is 8.29. The summed E-state index contributed by atoms with van der Waals surface area (Å²) in [5.41, 5.74) is 1.29. The van der Waals surface area contributed by atoms with E-state index in [-0.39, 0.29) is 0 Å². The van der Waals surface area contributed by atoms with E-state index >= 15 is 0 Å². The second kappa shape index (κ2) is 6.41. The third kappa shape index (κ3) is 3.71. The quantitative estimate of drug-likeness (QED) is 0.890. The molecule has 94 valence electrons. The van der Waals surface area contributed by atoms with Crippen LogP contribution in [-0.4, -0.2) is 12.6 Å². The topological polar surface area (TPSA) is 21.3 Å². The van der Waals surface area contributed by atoms with E-state index < -0.39 is 0 Å². The van der Waals surface area contributed by atoms with Crippen LogP contribution in [0, 0.1) is 0 Å². The second-order valence-corrected chi connectivity index (χ2v) is 5.42. The number of hydrogen-bond donors (Lipinski definition) is 1. The average Bonchev–Trinajstić information content (AvgIpc) is 2.82. The number of halogens is 1. The fourth-order valence-corrected chi connectivity index (χ4v) is 2.72. The molecule has 0 bridgehead atoms. The van der Waals surface area contributed by atoms with Crippen molar-refractivity contribution >= 4 is 15.9 Å². The van der Waals surface area contributed by atoms with Crippen molar-refractivity contribution in [1.82, 2.24) is 5.32 Å². The van der Waals surface area contributed by atoms with E-state index in [2.05, 4.69) is 46.4 Å². The number of hydrogen-bond acceptors (Lipinski definition) is 2. The Balaban J connectivity index is 1.98. The van der Waals surface area contributed by atoms with Gasteiger partial charge in [-0.2, -0.15) is 0 Å². The highest BCUT2D eigenvalue weighted by Crippen LogP contribution is 2.30. The van der Waals surface area contributed by atoms with Crippen molar-refractivity contribution in [1.29, 1.82) is 0 Å². The van der Waals surface area contributed by atoms with Crippen LogP contribution in [0.1, 0.15) is 38.2 Å². The molecule has 17 heavy (non-hydrogen) atoms. The monoisotopic (exact) mass is 297 g/mol. The molecule has 3 heteroatoms. The molecular weight excluding hydrogens is 278 g/mol. The summed E-state index contributed by atoms with van der Waals surface area (Å²) in [5, 5.41) is 3.32. The zero-order valence-corrected chi connectivity index (χ0v) is 11.9. The minimum absolute atomic E-state index is 0.422. The highest BCUT2D eigenvalue weighted by Gasteiger charge is 2.17. The van der Waals surface area contributed by atoms with Crippen LogP contribution in [0.15, 0.2) is 22.7 Å². The Morgan fingerprint density at radius 1 is 1.35 bits per heavy atom. The maximum atomic E-state index is 6.00. The molecule has 2 nitrogen and oxygen atoms in total. The van der Waals surface area contributed by atoms with Gasteiger partial charge in [0.15, 0.2) is 0 Å². The summed E-state index contributed by atoms with van der Waals surface area (Å²) in [6.07, 6.45) is 5.43. The van der Waals surface area contributed by atoms with Crippen molar-refractivity contribution in [2.45, 2.75) is 45.3 Å². The van der Waals surface area contributed by atoms with Crippen molar-refractivity contribution < 1.29 is 4.74 Å². The highest BCUT2D eigenvalue weighted by molar-refractivity contribution is 9.10. The minimum atomic E-state index is 0.422. The molecule has 0 saturated heterocycles. The van der Waals surface area contributed by atoms with Crippen LogP contribution in [0.5, 0.6) is 5.75 Å². The van der Waals surface area contributed by atoms with E-state index in [1.165, 1.54) is 31.2 Å². The van der Waals surface area contributed by atoms with E-state index in [4.69, 9.17) is 4.74 Å². The van der Waals surface area contributed by atoms with E-state index in [9.17, 15) is 0 Å². The first kappa shape index (κ1) is 12.9. The van der Waals surface area contributed by atoms with E-state index in [1.807, 2.05) is 0 Å². The van der Waals surface area contributed by atoms with Gasteiger partial charge in [0.05, 0.1) is 10.6 Å². The molecule has 1 saturated carbocycles. The summed E-state index contributed by atoms with van der Waals surface area (Å²) in [6, 6.07) is 6.36. The smallest absolute Gasteiger partial charge is 0.133 e. The van der Waals surface area contributed by atoms with Crippen molar-refractivity contribution in [2.24, 2.45) is 0 Å². The summed E-state index contributed by atoms with van der Waals surface area (Å²) in [4.78, 5) is 0. The Morgan fingerprint density at radius 3 is 2.76 bits per heavy atom. The molecule has 1 fully saturated rings.